The molecule has 0 aromatic carbocycles. The van der Waals surface area contributed by atoms with E-state index in [9.17, 15) is 9.59 Å². The second-order valence-corrected chi connectivity index (χ2v) is 5.90. The van der Waals surface area contributed by atoms with E-state index in [-0.39, 0.29) is 0 Å². The van der Waals surface area contributed by atoms with Gasteiger partial charge in [0.15, 0.2) is 6.04 Å². The summed E-state index contributed by atoms with van der Waals surface area (Å²) >= 11 is 2.72. The SMILES string of the molecule is Cc1nc(-c2cccs2)sc1C(=O)NC(CO)C(=O)O. The molecule has 2 aromatic rings. The number of rotatable bonds is 5. The first-order valence-electron chi connectivity index (χ1n) is 5.68. The quantitative estimate of drug-likeness (QED) is 0.774. The number of aromatic nitrogens is 1. The van der Waals surface area contributed by atoms with Crippen molar-refractivity contribution in [1.29, 1.82) is 0 Å². The molecule has 1 unspecified atom stereocenters. The van der Waals surface area contributed by atoms with Crippen molar-refractivity contribution in [2.75, 3.05) is 6.61 Å². The van der Waals surface area contributed by atoms with Crippen LogP contribution in [0.4, 0.5) is 0 Å². The molecule has 0 saturated heterocycles. The Morgan fingerprint density at radius 1 is 1.50 bits per heavy atom. The van der Waals surface area contributed by atoms with Gasteiger partial charge in [-0.1, -0.05) is 6.07 Å². The van der Waals surface area contributed by atoms with Gasteiger partial charge in [0.1, 0.15) is 9.88 Å². The fraction of sp³-hybridized carbons (Fsp3) is 0.250. The fourth-order valence-electron chi connectivity index (χ4n) is 1.52. The van der Waals surface area contributed by atoms with E-state index in [0.29, 0.717) is 10.6 Å². The topological polar surface area (TPSA) is 99.5 Å². The van der Waals surface area contributed by atoms with Gasteiger partial charge in [0.25, 0.3) is 5.91 Å². The van der Waals surface area contributed by atoms with Gasteiger partial charge in [-0.15, -0.1) is 22.7 Å². The Bertz CT molecular complexity index is 621. The van der Waals surface area contributed by atoms with Crippen molar-refractivity contribution in [2.24, 2.45) is 0 Å². The van der Waals surface area contributed by atoms with Gasteiger partial charge < -0.3 is 15.5 Å². The minimum absolute atomic E-state index is 0.355. The number of thiophene rings is 1. The summed E-state index contributed by atoms with van der Waals surface area (Å²) in [6, 6.07) is 2.48. The van der Waals surface area contributed by atoms with Crippen molar-refractivity contribution < 1.29 is 19.8 Å². The van der Waals surface area contributed by atoms with E-state index in [1.54, 1.807) is 6.92 Å². The van der Waals surface area contributed by atoms with Crippen LogP contribution in [0.1, 0.15) is 15.4 Å². The number of aryl methyl sites for hydroxylation is 1. The van der Waals surface area contributed by atoms with Crippen molar-refractivity contribution >= 4 is 34.6 Å². The summed E-state index contributed by atoms with van der Waals surface area (Å²) < 4.78 is 0. The van der Waals surface area contributed by atoms with E-state index in [1.807, 2.05) is 17.5 Å². The molecule has 0 bridgehead atoms. The first-order valence-corrected chi connectivity index (χ1v) is 7.38. The van der Waals surface area contributed by atoms with Gasteiger partial charge in [-0.25, -0.2) is 9.78 Å². The number of carboxylic acids is 1. The second-order valence-electron chi connectivity index (χ2n) is 3.96. The molecule has 0 aliphatic carbocycles. The van der Waals surface area contributed by atoms with Crippen LogP contribution >= 0.6 is 22.7 Å². The lowest BCUT2D eigenvalue weighted by molar-refractivity contribution is -0.140. The molecule has 2 aromatic heterocycles. The fourth-order valence-corrected chi connectivity index (χ4v) is 3.29. The van der Waals surface area contributed by atoms with Crippen LogP contribution in [0.15, 0.2) is 17.5 Å². The van der Waals surface area contributed by atoms with Gasteiger partial charge in [-0.05, 0) is 18.4 Å². The third-order valence-electron chi connectivity index (χ3n) is 2.52. The van der Waals surface area contributed by atoms with E-state index < -0.39 is 24.5 Å². The zero-order chi connectivity index (χ0) is 14.7. The van der Waals surface area contributed by atoms with Gasteiger partial charge in [0, 0.05) is 0 Å². The van der Waals surface area contributed by atoms with Crippen molar-refractivity contribution in [3.63, 3.8) is 0 Å². The standard InChI is InChI=1S/C12H12N2O4S2/c1-6-9(10(16)14-7(5-15)12(17)18)20-11(13-6)8-3-2-4-19-8/h2-4,7,15H,5H2,1H3,(H,14,16)(H,17,18). The maximum atomic E-state index is 12.0. The van der Waals surface area contributed by atoms with Crippen LogP contribution in [0.3, 0.4) is 0 Å². The average Bonchev–Trinajstić information content (AvgIpc) is 3.03. The van der Waals surface area contributed by atoms with Crippen LogP contribution in [0, 0.1) is 6.92 Å². The molecule has 6 nitrogen and oxygen atoms in total. The molecule has 0 radical (unpaired) electrons. The molecule has 3 N–H and O–H groups in total. The molecule has 2 heterocycles. The van der Waals surface area contributed by atoms with Gasteiger partial charge in [-0.2, -0.15) is 0 Å². The van der Waals surface area contributed by atoms with Crippen molar-refractivity contribution in [1.82, 2.24) is 10.3 Å². The maximum Gasteiger partial charge on any atom is 0.328 e. The van der Waals surface area contributed by atoms with Crippen LogP contribution in [0.5, 0.6) is 0 Å². The van der Waals surface area contributed by atoms with Crippen molar-refractivity contribution in [3.05, 3.63) is 28.1 Å². The Hall–Kier alpha value is -1.77. The number of nitrogens with zero attached hydrogens (tertiary/aromatic N) is 1. The highest BCUT2D eigenvalue weighted by Crippen LogP contribution is 2.30. The van der Waals surface area contributed by atoms with E-state index in [1.165, 1.54) is 22.7 Å². The molecule has 0 aliphatic rings. The Morgan fingerprint density at radius 3 is 2.80 bits per heavy atom. The van der Waals surface area contributed by atoms with E-state index in [2.05, 4.69) is 10.3 Å². The second kappa shape index (κ2) is 6.12. The molecule has 0 fully saturated rings. The molecule has 1 atom stereocenters. The molecule has 0 saturated carbocycles. The zero-order valence-corrected chi connectivity index (χ0v) is 12.1. The van der Waals surface area contributed by atoms with E-state index in [0.717, 1.165) is 9.88 Å². The predicted octanol–water partition coefficient (Wildman–Crippen LogP) is 1.36. The molecule has 8 heteroatoms. The summed E-state index contributed by atoms with van der Waals surface area (Å²) in [5.41, 5.74) is 0.540. The lowest BCUT2D eigenvalue weighted by Crippen LogP contribution is -2.43. The Kier molecular flexibility index (Phi) is 4.48. The van der Waals surface area contributed by atoms with Crippen LogP contribution in [0.25, 0.3) is 9.88 Å². The summed E-state index contributed by atoms with van der Waals surface area (Å²) in [6.45, 7) is 1.04. The molecular formula is C12H12N2O4S2. The predicted molar refractivity (Wildman–Crippen MR) is 76.1 cm³/mol. The number of carbonyl (C=O) groups is 2. The molecule has 20 heavy (non-hydrogen) atoms. The highest BCUT2D eigenvalue weighted by molar-refractivity contribution is 7.22. The Labute approximate surface area is 122 Å². The van der Waals surface area contributed by atoms with Crippen LogP contribution in [-0.2, 0) is 4.79 Å². The monoisotopic (exact) mass is 312 g/mol. The van der Waals surface area contributed by atoms with Crippen LogP contribution in [0.2, 0.25) is 0 Å². The van der Waals surface area contributed by atoms with Crippen LogP contribution < -0.4 is 5.32 Å². The van der Waals surface area contributed by atoms with Gasteiger partial charge >= 0.3 is 5.97 Å². The maximum absolute atomic E-state index is 12.0. The Morgan fingerprint density at radius 2 is 2.25 bits per heavy atom. The van der Waals surface area contributed by atoms with Gasteiger partial charge in [-0.3, -0.25) is 4.79 Å². The molecule has 0 spiro atoms. The minimum Gasteiger partial charge on any atom is -0.480 e. The van der Waals surface area contributed by atoms with E-state index in [4.69, 9.17) is 10.2 Å². The van der Waals surface area contributed by atoms with Crippen molar-refractivity contribution in [3.8, 4) is 9.88 Å². The number of thiazole rings is 1. The smallest absolute Gasteiger partial charge is 0.328 e. The number of aliphatic hydroxyl groups is 1. The number of aliphatic carboxylic acids is 1. The summed E-state index contributed by atoms with van der Waals surface area (Å²) in [7, 11) is 0. The number of hydrogen-bond donors (Lipinski definition) is 3. The molecule has 2 rings (SSSR count). The van der Waals surface area contributed by atoms with Gasteiger partial charge in [0.05, 0.1) is 17.2 Å². The largest absolute Gasteiger partial charge is 0.480 e. The van der Waals surface area contributed by atoms with Crippen LogP contribution in [-0.4, -0.2) is 39.7 Å². The molecule has 1 amide bonds. The first-order chi connectivity index (χ1) is 9.52. The highest BCUT2D eigenvalue weighted by Gasteiger charge is 2.23. The van der Waals surface area contributed by atoms with E-state index >= 15 is 0 Å². The Balaban J connectivity index is 2.21. The number of nitrogens with one attached hydrogen (secondary N) is 1. The van der Waals surface area contributed by atoms with Gasteiger partial charge in [0.2, 0.25) is 0 Å². The minimum atomic E-state index is -1.31. The lowest BCUT2D eigenvalue weighted by atomic mass is 10.3. The first kappa shape index (κ1) is 14.6. The molecule has 106 valence electrons. The summed E-state index contributed by atoms with van der Waals surface area (Å²) in [4.78, 5) is 28.4. The summed E-state index contributed by atoms with van der Waals surface area (Å²) in [6.07, 6.45) is 0. The lowest BCUT2D eigenvalue weighted by Gasteiger charge is -2.10. The summed E-state index contributed by atoms with van der Waals surface area (Å²) in [5.74, 6) is -1.81. The average molecular weight is 312 g/mol. The van der Waals surface area contributed by atoms with Crippen molar-refractivity contribution in [2.45, 2.75) is 13.0 Å². The third kappa shape index (κ3) is 3.03. The molecular weight excluding hydrogens is 300 g/mol. The molecule has 0 aliphatic heterocycles. The number of aliphatic hydroxyl groups excluding tert-OH is 1. The number of carbonyl (C=O) groups excluding carboxylic acids is 1. The number of amides is 1. The number of hydrogen-bond acceptors (Lipinski definition) is 6. The number of carboxylic acid groups (broad SMARTS) is 1. The highest BCUT2D eigenvalue weighted by atomic mass is 32.1. The summed E-state index contributed by atoms with van der Waals surface area (Å²) in [5, 5.41) is 22.6. The normalized spacial score (nSPS) is 12.1. The third-order valence-corrected chi connectivity index (χ3v) is 4.72. The zero-order valence-electron chi connectivity index (χ0n) is 10.5.